The van der Waals surface area contributed by atoms with Crippen molar-refractivity contribution in [3.8, 4) is 11.1 Å². The highest BCUT2D eigenvalue weighted by Gasteiger charge is 2.31. The quantitative estimate of drug-likeness (QED) is 0.485. The van der Waals surface area contributed by atoms with E-state index in [1.54, 1.807) is 4.90 Å². The van der Waals surface area contributed by atoms with Gasteiger partial charge in [-0.05, 0) is 33.7 Å². The SMILES string of the molecule is O=C(OCC1c2ccccc2-c2ccccc21)N1CCNC(c2nccc3ccccc23)C1. The van der Waals surface area contributed by atoms with Gasteiger partial charge in [-0.3, -0.25) is 4.98 Å². The Kier molecular flexibility index (Phi) is 5.04. The van der Waals surface area contributed by atoms with Crippen molar-refractivity contribution in [1.29, 1.82) is 0 Å². The van der Waals surface area contributed by atoms with Crippen LogP contribution in [0.5, 0.6) is 0 Å². The zero-order valence-electron chi connectivity index (χ0n) is 18.3. The van der Waals surface area contributed by atoms with Crippen LogP contribution in [0.25, 0.3) is 21.9 Å². The molecule has 0 bridgehead atoms. The summed E-state index contributed by atoms with van der Waals surface area (Å²) in [5.74, 6) is 0.0693. The highest BCUT2D eigenvalue weighted by atomic mass is 16.6. The number of carbonyl (C=O) groups is 1. The summed E-state index contributed by atoms with van der Waals surface area (Å²) >= 11 is 0. The van der Waals surface area contributed by atoms with E-state index in [9.17, 15) is 4.79 Å². The number of fused-ring (bicyclic) bond motifs is 4. The van der Waals surface area contributed by atoms with Crippen molar-refractivity contribution >= 4 is 16.9 Å². The number of ether oxygens (including phenoxy) is 1. The minimum atomic E-state index is -0.261. The molecular weight excluding hydrogens is 410 g/mol. The molecule has 5 heteroatoms. The minimum absolute atomic E-state index is 0.0228. The fourth-order valence-electron chi connectivity index (χ4n) is 5.20. The number of benzene rings is 3. The van der Waals surface area contributed by atoms with E-state index in [-0.39, 0.29) is 18.1 Å². The Hall–Kier alpha value is -3.70. The second kappa shape index (κ2) is 8.34. The van der Waals surface area contributed by atoms with Gasteiger partial charge in [0.2, 0.25) is 0 Å². The highest BCUT2D eigenvalue weighted by Crippen LogP contribution is 2.44. The normalized spacial score (nSPS) is 17.6. The summed E-state index contributed by atoms with van der Waals surface area (Å²) in [6.45, 7) is 2.21. The lowest BCUT2D eigenvalue weighted by Gasteiger charge is -2.33. The third-order valence-electron chi connectivity index (χ3n) is 6.80. The number of hydrogen-bond donors (Lipinski definition) is 1. The van der Waals surface area contributed by atoms with Gasteiger partial charge in [0.25, 0.3) is 0 Å². The second-order valence-corrected chi connectivity index (χ2v) is 8.67. The van der Waals surface area contributed by atoms with Crippen LogP contribution in [0.2, 0.25) is 0 Å². The number of aromatic nitrogens is 1. The van der Waals surface area contributed by atoms with Crippen molar-refractivity contribution in [2.75, 3.05) is 26.2 Å². The van der Waals surface area contributed by atoms with Gasteiger partial charge in [0.1, 0.15) is 6.61 Å². The molecule has 4 aromatic rings. The van der Waals surface area contributed by atoms with Crippen LogP contribution in [0, 0.1) is 0 Å². The molecule has 3 aromatic carbocycles. The predicted octanol–water partition coefficient (Wildman–Crippen LogP) is 5.13. The molecule has 164 valence electrons. The first-order chi connectivity index (χ1) is 16.3. The largest absolute Gasteiger partial charge is 0.448 e. The van der Waals surface area contributed by atoms with Crippen molar-refractivity contribution in [3.63, 3.8) is 0 Å². The first kappa shape index (κ1) is 19.9. The summed E-state index contributed by atoms with van der Waals surface area (Å²) in [6.07, 6.45) is 1.58. The van der Waals surface area contributed by atoms with Crippen LogP contribution in [0.15, 0.2) is 85.1 Å². The Balaban J connectivity index is 1.18. The van der Waals surface area contributed by atoms with E-state index in [1.165, 1.54) is 22.3 Å². The van der Waals surface area contributed by atoms with Crippen molar-refractivity contribution in [1.82, 2.24) is 15.2 Å². The molecule has 1 unspecified atom stereocenters. The standard InChI is InChI=1S/C28H25N3O2/c32-28(33-18-25-23-11-5-3-9-21(23)22-10-4-6-12-24(22)25)31-16-15-29-26(17-31)27-20-8-2-1-7-19(20)13-14-30-27/h1-14,25-26,29H,15-18H2. The summed E-state index contributed by atoms with van der Waals surface area (Å²) in [4.78, 5) is 19.5. The molecule has 0 saturated carbocycles. The molecular formula is C28H25N3O2. The molecule has 1 aliphatic heterocycles. The van der Waals surface area contributed by atoms with Gasteiger partial charge in [0, 0.05) is 37.1 Å². The molecule has 1 aromatic heterocycles. The van der Waals surface area contributed by atoms with E-state index >= 15 is 0 Å². The average Bonchev–Trinajstić information content (AvgIpc) is 3.21. The number of nitrogens with one attached hydrogen (secondary N) is 1. The molecule has 33 heavy (non-hydrogen) atoms. The molecule has 6 rings (SSSR count). The topological polar surface area (TPSA) is 54.5 Å². The Bertz CT molecular complexity index is 1280. The summed E-state index contributed by atoms with van der Waals surface area (Å²) in [5.41, 5.74) is 5.90. The molecule has 1 atom stereocenters. The van der Waals surface area contributed by atoms with Gasteiger partial charge in [0.15, 0.2) is 0 Å². The van der Waals surface area contributed by atoms with E-state index in [4.69, 9.17) is 4.74 Å². The summed E-state index contributed by atoms with van der Waals surface area (Å²) in [7, 11) is 0. The number of rotatable bonds is 3. The minimum Gasteiger partial charge on any atom is -0.448 e. The van der Waals surface area contributed by atoms with E-state index in [2.05, 4.69) is 71.0 Å². The van der Waals surface area contributed by atoms with E-state index in [0.717, 1.165) is 16.5 Å². The Labute approximate surface area is 193 Å². The number of hydrogen-bond acceptors (Lipinski definition) is 4. The average molecular weight is 436 g/mol. The van der Waals surface area contributed by atoms with Crippen LogP contribution in [0.3, 0.4) is 0 Å². The molecule has 1 N–H and O–H groups in total. The Morgan fingerprint density at radius 3 is 2.42 bits per heavy atom. The first-order valence-corrected chi connectivity index (χ1v) is 11.5. The molecule has 0 spiro atoms. The zero-order chi connectivity index (χ0) is 22.2. The fourth-order valence-corrected chi connectivity index (χ4v) is 5.20. The second-order valence-electron chi connectivity index (χ2n) is 8.67. The number of nitrogens with zero attached hydrogens (tertiary/aromatic N) is 2. The van der Waals surface area contributed by atoms with E-state index in [0.29, 0.717) is 26.2 Å². The van der Waals surface area contributed by atoms with Gasteiger partial charge in [-0.1, -0.05) is 72.8 Å². The molecule has 1 saturated heterocycles. The number of carbonyl (C=O) groups excluding carboxylic acids is 1. The third-order valence-corrected chi connectivity index (χ3v) is 6.80. The number of pyridine rings is 1. The zero-order valence-corrected chi connectivity index (χ0v) is 18.3. The van der Waals surface area contributed by atoms with Crippen LogP contribution < -0.4 is 5.32 Å². The van der Waals surface area contributed by atoms with Crippen molar-refractivity contribution in [3.05, 3.63) is 102 Å². The molecule has 1 amide bonds. The maximum atomic E-state index is 13.1. The molecule has 2 aliphatic rings. The van der Waals surface area contributed by atoms with Gasteiger partial charge < -0.3 is 15.0 Å². The Morgan fingerprint density at radius 2 is 1.64 bits per heavy atom. The van der Waals surface area contributed by atoms with Gasteiger partial charge >= 0.3 is 6.09 Å². The maximum Gasteiger partial charge on any atom is 0.409 e. The van der Waals surface area contributed by atoms with Gasteiger partial charge in [-0.2, -0.15) is 0 Å². The molecule has 2 heterocycles. The van der Waals surface area contributed by atoms with Gasteiger partial charge in [-0.25, -0.2) is 4.79 Å². The Morgan fingerprint density at radius 1 is 0.939 bits per heavy atom. The number of amides is 1. The molecule has 5 nitrogen and oxygen atoms in total. The van der Waals surface area contributed by atoms with Crippen LogP contribution in [-0.4, -0.2) is 42.2 Å². The lowest BCUT2D eigenvalue weighted by molar-refractivity contribution is 0.0881. The summed E-state index contributed by atoms with van der Waals surface area (Å²) in [6, 6.07) is 27.0. The lowest BCUT2D eigenvalue weighted by Crippen LogP contribution is -2.48. The van der Waals surface area contributed by atoms with E-state index in [1.807, 2.05) is 24.4 Å². The third kappa shape index (κ3) is 3.55. The highest BCUT2D eigenvalue weighted by molar-refractivity contribution is 5.85. The van der Waals surface area contributed by atoms with Crippen molar-refractivity contribution in [2.45, 2.75) is 12.0 Å². The van der Waals surface area contributed by atoms with Crippen LogP contribution in [0.4, 0.5) is 4.79 Å². The molecule has 1 fully saturated rings. The molecule has 1 aliphatic carbocycles. The maximum absolute atomic E-state index is 13.1. The monoisotopic (exact) mass is 435 g/mol. The van der Waals surface area contributed by atoms with Gasteiger partial charge in [0.05, 0.1) is 11.7 Å². The van der Waals surface area contributed by atoms with E-state index < -0.39 is 0 Å². The smallest absolute Gasteiger partial charge is 0.409 e. The van der Waals surface area contributed by atoms with Crippen LogP contribution in [-0.2, 0) is 4.74 Å². The fraction of sp³-hybridized carbons (Fsp3) is 0.214. The molecule has 0 radical (unpaired) electrons. The van der Waals surface area contributed by atoms with Gasteiger partial charge in [-0.15, -0.1) is 0 Å². The van der Waals surface area contributed by atoms with Crippen LogP contribution in [0.1, 0.15) is 28.8 Å². The van der Waals surface area contributed by atoms with Crippen molar-refractivity contribution < 1.29 is 9.53 Å². The first-order valence-electron chi connectivity index (χ1n) is 11.5. The van der Waals surface area contributed by atoms with Crippen molar-refractivity contribution in [2.24, 2.45) is 0 Å². The predicted molar refractivity (Wildman–Crippen MR) is 129 cm³/mol. The summed E-state index contributed by atoms with van der Waals surface area (Å²) < 4.78 is 5.89. The summed E-state index contributed by atoms with van der Waals surface area (Å²) in [5, 5.41) is 5.80. The number of piperazine rings is 1. The lowest BCUT2D eigenvalue weighted by atomic mass is 9.98. The van der Waals surface area contributed by atoms with Crippen LogP contribution >= 0.6 is 0 Å².